The Morgan fingerprint density at radius 2 is 2.04 bits per heavy atom. The Morgan fingerprint density at radius 3 is 2.75 bits per heavy atom. The molecule has 3 aromatic rings. The molecular weight excluding hydrogens is 379 g/mol. The fraction of sp³-hybridized carbons (Fsp3) is 0.350. The third-order valence-corrected chi connectivity index (χ3v) is 6.12. The van der Waals surface area contributed by atoms with Gasteiger partial charge in [-0.15, -0.1) is 11.3 Å². The van der Waals surface area contributed by atoms with Crippen LogP contribution >= 0.6 is 11.3 Å². The van der Waals surface area contributed by atoms with Crippen molar-refractivity contribution in [3.63, 3.8) is 0 Å². The number of thiophene rings is 1. The topological polar surface area (TPSA) is 58.4 Å². The molecule has 0 aliphatic carbocycles. The molecule has 2 aromatic heterocycles. The molecular formula is C20H21FN4O2S. The van der Waals surface area contributed by atoms with Crippen molar-refractivity contribution in [1.82, 2.24) is 19.4 Å². The smallest absolute Gasteiger partial charge is 0.262 e. The first-order valence-corrected chi connectivity index (χ1v) is 9.95. The lowest BCUT2D eigenvalue weighted by Gasteiger charge is -2.27. The lowest BCUT2D eigenvalue weighted by molar-refractivity contribution is 0.0737. The van der Waals surface area contributed by atoms with Gasteiger partial charge in [0.2, 0.25) is 0 Å². The highest BCUT2D eigenvalue weighted by Crippen LogP contribution is 2.32. The van der Waals surface area contributed by atoms with Crippen molar-refractivity contribution in [2.75, 3.05) is 27.2 Å². The van der Waals surface area contributed by atoms with E-state index in [1.165, 1.54) is 35.6 Å². The number of halogens is 1. The second-order valence-electron chi connectivity index (χ2n) is 7.21. The first kappa shape index (κ1) is 18.8. The summed E-state index contributed by atoms with van der Waals surface area (Å²) in [5.74, 6) is -0.488. The summed E-state index contributed by atoms with van der Waals surface area (Å²) in [6.07, 6.45) is 2.23. The maximum atomic E-state index is 13.1. The van der Waals surface area contributed by atoms with E-state index in [-0.39, 0.29) is 17.3 Å². The van der Waals surface area contributed by atoms with Crippen LogP contribution in [0.2, 0.25) is 0 Å². The van der Waals surface area contributed by atoms with Crippen molar-refractivity contribution in [2.45, 2.75) is 19.5 Å². The predicted molar refractivity (Wildman–Crippen MR) is 107 cm³/mol. The summed E-state index contributed by atoms with van der Waals surface area (Å²) in [6, 6.07) is 5.59. The van der Waals surface area contributed by atoms with Crippen molar-refractivity contribution >= 4 is 27.5 Å². The first-order chi connectivity index (χ1) is 13.4. The van der Waals surface area contributed by atoms with Crippen molar-refractivity contribution in [1.29, 1.82) is 0 Å². The number of likely N-dealkylation sites (N-methyl/N-ethyl adjacent to an activating group) is 1. The lowest BCUT2D eigenvalue weighted by atomic mass is 10.0. The minimum atomic E-state index is -0.362. The number of rotatable bonds is 4. The van der Waals surface area contributed by atoms with Gasteiger partial charge in [0, 0.05) is 30.1 Å². The van der Waals surface area contributed by atoms with Crippen LogP contribution in [-0.4, -0.2) is 52.4 Å². The molecule has 1 aliphatic heterocycles. The number of nitrogens with zero attached hydrogens (tertiary/aromatic N) is 4. The maximum absolute atomic E-state index is 13.1. The Labute approximate surface area is 165 Å². The number of hydrogen-bond acceptors (Lipinski definition) is 5. The van der Waals surface area contributed by atoms with Crippen LogP contribution in [0.15, 0.2) is 35.4 Å². The molecule has 0 saturated heterocycles. The van der Waals surface area contributed by atoms with Gasteiger partial charge in [-0.2, -0.15) is 0 Å². The molecule has 1 aromatic carbocycles. The van der Waals surface area contributed by atoms with Crippen LogP contribution in [-0.2, 0) is 19.5 Å². The highest BCUT2D eigenvalue weighted by atomic mass is 32.1. The van der Waals surface area contributed by atoms with Gasteiger partial charge in [-0.3, -0.25) is 14.2 Å². The molecule has 0 fully saturated rings. The number of amides is 1. The molecule has 1 aliphatic rings. The number of carbonyl (C=O) groups excluding carboxylic acids is 1. The molecule has 0 spiro atoms. The average molecular weight is 400 g/mol. The van der Waals surface area contributed by atoms with Crippen LogP contribution in [0.5, 0.6) is 0 Å². The predicted octanol–water partition coefficient (Wildman–Crippen LogP) is 2.36. The highest BCUT2D eigenvalue weighted by molar-refractivity contribution is 7.18. The molecule has 0 N–H and O–H groups in total. The van der Waals surface area contributed by atoms with Crippen LogP contribution in [0.3, 0.4) is 0 Å². The molecule has 6 nitrogen and oxygen atoms in total. The molecule has 0 saturated carbocycles. The van der Waals surface area contributed by atoms with E-state index in [0.717, 1.165) is 21.8 Å². The molecule has 0 atom stereocenters. The van der Waals surface area contributed by atoms with E-state index in [0.29, 0.717) is 37.0 Å². The SMILES string of the molecule is CN(C)CCn1cnc2sc3c(c2c1=O)CCN(C(=O)c1ccc(F)cc1)C3. The van der Waals surface area contributed by atoms with Crippen molar-refractivity contribution < 1.29 is 9.18 Å². The van der Waals surface area contributed by atoms with E-state index in [1.54, 1.807) is 15.8 Å². The van der Waals surface area contributed by atoms with Gasteiger partial charge in [0.1, 0.15) is 10.6 Å². The molecule has 3 heterocycles. The molecule has 4 rings (SSSR count). The Bertz CT molecular complexity index is 1090. The average Bonchev–Trinajstić information content (AvgIpc) is 3.05. The molecule has 28 heavy (non-hydrogen) atoms. The molecule has 0 unspecified atom stereocenters. The van der Waals surface area contributed by atoms with Crippen LogP contribution < -0.4 is 5.56 Å². The van der Waals surface area contributed by atoms with Gasteiger partial charge in [0.05, 0.1) is 18.3 Å². The number of hydrogen-bond donors (Lipinski definition) is 0. The standard InChI is InChI=1S/C20H21FN4O2S/c1-23(2)9-10-25-12-22-18-17(20(25)27)15-7-8-24(11-16(15)28-18)19(26)13-3-5-14(21)6-4-13/h3-6,12H,7-11H2,1-2H3. The van der Waals surface area contributed by atoms with Crippen molar-refractivity contribution in [3.05, 3.63) is 62.8 Å². The van der Waals surface area contributed by atoms with E-state index in [9.17, 15) is 14.0 Å². The zero-order chi connectivity index (χ0) is 19.8. The van der Waals surface area contributed by atoms with Crippen LogP contribution in [0.25, 0.3) is 10.2 Å². The third kappa shape index (κ3) is 3.45. The molecule has 0 bridgehead atoms. The minimum Gasteiger partial charge on any atom is -0.333 e. The molecule has 146 valence electrons. The number of fused-ring (bicyclic) bond motifs is 3. The fourth-order valence-corrected chi connectivity index (χ4v) is 4.63. The molecule has 8 heteroatoms. The number of aromatic nitrogens is 2. The van der Waals surface area contributed by atoms with E-state index in [4.69, 9.17) is 0 Å². The van der Waals surface area contributed by atoms with E-state index < -0.39 is 0 Å². The van der Waals surface area contributed by atoms with E-state index >= 15 is 0 Å². The van der Waals surface area contributed by atoms with E-state index in [2.05, 4.69) is 4.98 Å². The van der Waals surface area contributed by atoms with Gasteiger partial charge in [0.15, 0.2) is 0 Å². The molecule has 0 radical (unpaired) electrons. The van der Waals surface area contributed by atoms with Crippen LogP contribution in [0, 0.1) is 5.82 Å². The number of benzene rings is 1. The normalized spacial score (nSPS) is 13.9. The summed E-state index contributed by atoms with van der Waals surface area (Å²) < 4.78 is 14.8. The summed E-state index contributed by atoms with van der Waals surface area (Å²) >= 11 is 1.48. The zero-order valence-corrected chi connectivity index (χ0v) is 16.6. The maximum Gasteiger partial charge on any atom is 0.262 e. The monoisotopic (exact) mass is 400 g/mol. The summed E-state index contributed by atoms with van der Waals surface area (Å²) in [7, 11) is 3.94. The third-order valence-electron chi connectivity index (χ3n) is 4.99. The quantitative estimate of drug-likeness (QED) is 0.675. The fourth-order valence-electron chi connectivity index (χ4n) is 3.43. The first-order valence-electron chi connectivity index (χ1n) is 9.13. The Hall–Kier alpha value is -2.58. The largest absolute Gasteiger partial charge is 0.333 e. The Balaban J connectivity index is 1.62. The zero-order valence-electron chi connectivity index (χ0n) is 15.8. The van der Waals surface area contributed by atoms with Gasteiger partial charge >= 0.3 is 0 Å². The molecule has 1 amide bonds. The second-order valence-corrected chi connectivity index (χ2v) is 8.30. The summed E-state index contributed by atoms with van der Waals surface area (Å²) in [6.45, 7) is 2.33. The van der Waals surface area contributed by atoms with Gasteiger partial charge in [-0.25, -0.2) is 9.37 Å². The second kappa shape index (κ2) is 7.44. The van der Waals surface area contributed by atoms with E-state index in [1.807, 2.05) is 19.0 Å². The highest BCUT2D eigenvalue weighted by Gasteiger charge is 2.27. The Kier molecular flexibility index (Phi) is 4.99. The number of carbonyl (C=O) groups is 1. The summed E-state index contributed by atoms with van der Waals surface area (Å²) in [5, 5.41) is 0.690. The van der Waals surface area contributed by atoms with Crippen molar-refractivity contribution in [3.8, 4) is 0 Å². The van der Waals surface area contributed by atoms with Crippen LogP contribution in [0.4, 0.5) is 4.39 Å². The van der Waals surface area contributed by atoms with Gasteiger partial charge in [-0.05, 0) is 50.3 Å². The lowest BCUT2D eigenvalue weighted by Crippen LogP contribution is -2.35. The minimum absolute atomic E-state index is 0.0114. The van der Waals surface area contributed by atoms with Gasteiger partial charge < -0.3 is 9.80 Å². The van der Waals surface area contributed by atoms with Gasteiger partial charge in [-0.1, -0.05) is 0 Å². The van der Waals surface area contributed by atoms with Crippen molar-refractivity contribution in [2.24, 2.45) is 0 Å². The summed E-state index contributed by atoms with van der Waals surface area (Å²) in [5.41, 5.74) is 1.47. The summed E-state index contributed by atoms with van der Waals surface area (Å²) in [4.78, 5) is 35.7. The van der Waals surface area contributed by atoms with Crippen LogP contribution in [0.1, 0.15) is 20.8 Å². The Morgan fingerprint density at radius 1 is 1.29 bits per heavy atom. The van der Waals surface area contributed by atoms with Gasteiger partial charge in [0.25, 0.3) is 11.5 Å².